The number of rotatable bonds is 9. The number of ether oxygens (including phenoxy) is 1. The van der Waals surface area contributed by atoms with Crippen LogP contribution >= 0.6 is 0 Å². The Morgan fingerprint density at radius 2 is 2.05 bits per heavy atom. The number of para-hydroxylation sites is 2. The van der Waals surface area contributed by atoms with E-state index in [4.69, 9.17) is 10.5 Å². The maximum atomic E-state index is 5.85. The molecule has 2 rings (SSSR count). The van der Waals surface area contributed by atoms with Gasteiger partial charge in [0.25, 0.3) is 0 Å². The quantitative estimate of drug-likeness (QED) is 0.549. The summed E-state index contributed by atoms with van der Waals surface area (Å²) in [5.74, 6) is 1.78. The zero-order valence-corrected chi connectivity index (χ0v) is 12.0. The first-order valence-corrected chi connectivity index (χ1v) is 7.49. The lowest BCUT2D eigenvalue weighted by atomic mass is 10.3. The lowest BCUT2D eigenvalue weighted by molar-refractivity contribution is 0.228. The highest BCUT2D eigenvalue weighted by molar-refractivity contribution is 5.51. The van der Waals surface area contributed by atoms with Crippen molar-refractivity contribution in [3.8, 4) is 5.75 Å². The SMILES string of the molecule is CCCN(CCCOc1ccccc1N)CC1CC1. The molecule has 106 valence electrons. The Balaban J connectivity index is 1.65. The summed E-state index contributed by atoms with van der Waals surface area (Å²) < 4.78 is 5.73. The van der Waals surface area contributed by atoms with Crippen LogP contribution in [0.5, 0.6) is 5.75 Å². The van der Waals surface area contributed by atoms with Gasteiger partial charge in [-0.2, -0.15) is 0 Å². The molecule has 0 aliphatic heterocycles. The third-order valence-electron chi connectivity index (χ3n) is 3.55. The van der Waals surface area contributed by atoms with Crippen LogP contribution in [0.15, 0.2) is 24.3 Å². The van der Waals surface area contributed by atoms with Crippen LogP contribution in [-0.4, -0.2) is 31.1 Å². The minimum absolute atomic E-state index is 0.728. The van der Waals surface area contributed by atoms with Crippen molar-refractivity contribution in [2.24, 2.45) is 5.92 Å². The Labute approximate surface area is 116 Å². The molecular weight excluding hydrogens is 236 g/mol. The van der Waals surface area contributed by atoms with E-state index in [0.29, 0.717) is 0 Å². The molecule has 19 heavy (non-hydrogen) atoms. The average Bonchev–Trinajstić information content (AvgIpc) is 3.20. The van der Waals surface area contributed by atoms with Gasteiger partial charge in [0, 0.05) is 13.1 Å². The molecule has 0 radical (unpaired) electrons. The van der Waals surface area contributed by atoms with E-state index in [-0.39, 0.29) is 0 Å². The predicted octanol–water partition coefficient (Wildman–Crippen LogP) is 3.16. The minimum Gasteiger partial charge on any atom is -0.491 e. The Bertz CT molecular complexity index is 377. The van der Waals surface area contributed by atoms with Gasteiger partial charge in [-0.25, -0.2) is 0 Å². The highest BCUT2D eigenvalue weighted by Gasteiger charge is 2.23. The Hall–Kier alpha value is -1.22. The molecule has 1 fully saturated rings. The third-order valence-corrected chi connectivity index (χ3v) is 3.55. The molecule has 1 aliphatic rings. The van der Waals surface area contributed by atoms with Gasteiger partial charge in [-0.1, -0.05) is 19.1 Å². The number of hydrogen-bond donors (Lipinski definition) is 1. The fourth-order valence-corrected chi connectivity index (χ4v) is 2.36. The minimum atomic E-state index is 0.728. The van der Waals surface area contributed by atoms with E-state index in [0.717, 1.165) is 36.9 Å². The van der Waals surface area contributed by atoms with Gasteiger partial charge >= 0.3 is 0 Å². The van der Waals surface area contributed by atoms with Gasteiger partial charge in [0.15, 0.2) is 0 Å². The van der Waals surface area contributed by atoms with Crippen molar-refractivity contribution >= 4 is 5.69 Å². The second-order valence-electron chi connectivity index (χ2n) is 5.48. The highest BCUT2D eigenvalue weighted by atomic mass is 16.5. The van der Waals surface area contributed by atoms with Gasteiger partial charge in [0.05, 0.1) is 12.3 Å². The standard InChI is InChI=1S/C16H26N2O/c1-2-10-18(13-14-8-9-14)11-5-12-19-16-7-4-3-6-15(16)17/h3-4,6-7,14H,2,5,8-13,17H2,1H3. The number of nitrogen functional groups attached to an aromatic ring is 1. The van der Waals surface area contributed by atoms with Crippen LogP contribution in [0, 0.1) is 5.92 Å². The number of anilines is 1. The predicted molar refractivity (Wildman–Crippen MR) is 80.4 cm³/mol. The van der Waals surface area contributed by atoms with E-state index in [1.54, 1.807) is 0 Å². The van der Waals surface area contributed by atoms with Gasteiger partial charge in [-0.05, 0) is 50.3 Å². The summed E-state index contributed by atoms with van der Waals surface area (Å²) in [7, 11) is 0. The van der Waals surface area contributed by atoms with Crippen LogP contribution in [0.3, 0.4) is 0 Å². The molecule has 0 atom stereocenters. The first-order chi connectivity index (χ1) is 9.29. The third kappa shape index (κ3) is 5.11. The maximum absolute atomic E-state index is 5.85. The van der Waals surface area contributed by atoms with Crippen molar-refractivity contribution in [3.63, 3.8) is 0 Å². The van der Waals surface area contributed by atoms with E-state index < -0.39 is 0 Å². The smallest absolute Gasteiger partial charge is 0.142 e. The van der Waals surface area contributed by atoms with Crippen molar-refractivity contribution in [3.05, 3.63) is 24.3 Å². The Morgan fingerprint density at radius 3 is 2.74 bits per heavy atom. The van der Waals surface area contributed by atoms with Gasteiger partial charge in [-0.3, -0.25) is 0 Å². The molecule has 0 saturated heterocycles. The molecule has 1 aromatic rings. The zero-order valence-electron chi connectivity index (χ0n) is 12.0. The fraction of sp³-hybridized carbons (Fsp3) is 0.625. The molecule has 1 aromatic carbocycles. The van der Waals surface area contributed by atoms with Gasteiger partial charge < -0.3 is 15.4 Å². The first-order valence-electron chi connectivity index (χ1n) is 7.49. The summed E-state index contributed by atoms with van der Waals surface area (Å²) >= 11 is 0. The van der Waals surface area contributed by atoms with Gasteiger partial charge in [0.2, 0.25) is 0 Å². The summed E-state index contributed by atoms with van der Waals surface area (Å²) in [5, 5.41) is 0. The molecule has 2 N–H and O–H groups in total. The maximum Gasteiger partial charge on any atom is 0.142 e. The molecule has 0 spiro atoms. The van der Waals surface area contributed by atoms with Gasteiger partial charge in [0.1, 0.15) is 5.75 Å². The largest absolute Gasteiger partial charge is 0.491 e. The molecular formula is C16H26N2O. The van der Waals surface area contributed by atoms with Crippen molar-refractivity contribution in [2.75, 3.05) is 32.0 Å². The van der Waals surface area contributed by atoms with Crippen molar-refractivity contribution in [1.29, 1.82) is 0 Å². The molecule has 0 bridgehead atoms. The fourth-order valence-electron chi connectivity index (χ4n) is 2.36. The van der Waals surface area contributed by atoms with E-state index in [2.05, 4.69) is 11.8 Å². The number of hydrogen-bond acceptors (Lipinski definition) is 3. The Morgan fingerprint density at radius 1 is 1.26 bits per heavy atom. The molecule has 0 unspecified atom stereocenters. The van der Waals surface area contributed by atoms with Crippen LogP contribution < -0.4 is 10.5 Å². The lowest BCUT2D eigenvalue weighted by Gasteiger charge is -2.21. The molecule has 3 nitrogen and oxygen atoms in total. The van der Waals surface area contributed by atoms with Crippen LogP contribution in [-0.2, 0) is 0 Å². The molecule has 1 saturated carbocycles. The molecule has 0 amide bonds. The zero-order chi connectivity index (χ0) is 13.5. The van der Waals surface area contributed by atoms with Crippen LogP contribution in [0.2, 0.25) is 0 Å². The summed E-state index contributed by atoms with van der Waals surface area (Å²) in [6.45, 7) is 6.63. The van der Waals surface area contributed by atoms with Crippen LogP contribution in [0.4, 0.5) is 5.69 Å². The van der Waals surface area contributed by atoms with E-state index >= 15 is 0 Å². The first kappa shape index (κ1) is 14.2. The number of benzene rings is 1. The molecule has 0 heterocycles. The van der Waals surface area contributed by atoms with E-state index in [1.807, 2.05) is 24.3 Å². The topological polar surface area (TPSA) is 38.5 Å². The highest BCUT2D eigenvalue weighted by Crippen LogP contribution is 2.29. The lowest BCUT2D eigenvalue weighted by Crippen LogP contribution is -2.29. The van der Waals surface area contributed by atoms with Crippen molar-refractivity contribution < 1.29 is 4.74 Å². The molecule has 1 aliphatic carbocycles. The van der Waals surface area contributed by atoms with Crippen molar-refractivity contribution in [1.82, 2.24) is 4.90 Å². The Kier molecular flexibility index (Phi) is 5.52. The number of nitrogens with two attached hydrogens (primary N) is 1. The van der Waals surface area contributed by atoms with Gasteiger partial charge in [-0.15, -0.1) is 0 Å². The molecule has 0 aromatic heterocycles. The van der Waals surface area contributed by atoms with Crippen molar-refractivity contribution in [2.45, 2.75) is 32.6 Å². The summed E-state index contributed by atoms with van der Waals surface area (Å²) in [6.07, 6.45) is 5.16. The number of nitrogens with zero attached hydrogens (tertiary/aromatic N) is 1. The summed E-state index contributed by atoms with van der Waals surface area (Å²) in [4.78, 5) is 2.58. The summed E-state index contributed by atoms with van der Waals surface area (Å²) in [6, 6.07) is 7.71. The second-order valence-corrected chi connectivity index (χ2v) is 5.48. The second kappa shape index (κ2) is 7.39. The van der Waals surface area contributed by atoms with Crippen LogP contribution in [0.1, 0.15) is 32.6 Å². The summed E-state index contributed by atoms with van der Waals surface area (Å²) in [5.41, 5.74) is 6.58. The monoisotopic (exact) mass is 262 g/mol. The van der Waals surface area contributed by atoms with E-state index in [1.165, 1.54) is 32.4 Å². The average molecular weight is 262 g/mol. The molecule has 3 heteroatoms. The normalized spacial score (nSPS) is 14.8. The van der Waals surface area contributed by atoms with Crippen LogP contribution in [0.25, 0.3) is 0 Å². The van der Waals surface area contributed by atoms with E-state index in [9.17, 15) is 0 Å².